The smallest absolute Gasteiger partial charge is 0.0213 e. The zero-order valence-corrected chi connectivity index (χ0v) is 10.9. The van der Waals surface area contributed by atoms with Gasteiger partial charge in [-0.3, -0.25) is 0 Å². The Balaban J connectivity index is 2.31. The second-order valence-corrected chi connectivity index (χ2v) is 5.58. The van der Waals surface area contributed by atoms with Crippen molar-refractivity contribution >= 4 is 0 Å². The van der Waals surface area contributed by atoms with Crippen molar-refractivity contribution < 1.29 is 0 Å². The molecule has 0 amide bonds. The van der Waals surface area contributed by atoms with Crippen LogP contribution in [0.25, 0.3) is 0 Å². The highest BCUT2D eigenvalue weighted by Gasteiger charge is 2.22. The van der Waals surface area contributed by atoms with Crippen LogP contribution in [0.15, 0.2) is 18.2 Å². The lowest BCUT2D eigenvalue weighted by molar-refractivity contribution is 0.376. The minimum absolute atomic E-state index is 0.632. The first-order valence-corrected chi connectivity index (χ1v) is 6.43. The minimum Gasteiger partial charge on any atom is -0.309 e. The largest absolute Gasteiger partial charge is 0.309 e. The van der Waals surface area contributed by atoms with Crippen LogP contribution < -0.4 is 5.32 Å². The number of rotatable bonds is 2. The van der Waals surface area contributed by atoms with Gasteiger partial charge in [-0.1, -0.05) is 45.9 Å². The van der Waals surface area contributed by atoms with E-state index in [1.54, 1.807) is 11.1 Å². The maximum absolute atomic E-state index is 3.67. The molecule has 1 aromatic carbocycles. The van der Waals surface area contributed by atoms with Gasteiger partial charge in [0.05, 0.1) is 0 Å². The topological polar surface area (TPSA) is 12.0 Å². The van der Waals surface area contributed by atoms with Crippen LogP contribution in [0.4, 0.5) is 0 Å². The summed E-state index contributed by atoms with van der Waals surface area (Å²) in [5, 5.41) is 3.67. The fourth-order valence-corrected chi connectivity index (χ4v) is 2.62. The second kappa shape index (κ2) is 4.58. The van der Waals surface area contributed by atoms with Crippen LogP contribution in [0.1, 0.15) is 50.3 Å². The van der Waals surface area contributed by atoms with Gasteiger partial charge >= 0.3 is 0 Å². The highest BCUT2D eigenvalue weighted by molar-refractivity contribution is 5.39. The first kappa shape index (κ1) is 11.7. The molecule has 1 heteroatoms. The van der Waals surface area contributed by atoms with Crippen molar-refractivity contribution in [2.45, 2.75) is 52.6 Å². The van der Waals surface area contributed by atoms with Gasteiger partial charge in [-0.2, -0.15) is 0 Å². The standard InChI is InChI=1S/C15H23N/c1-10(2)13-7-5-6-12-8-15(11(3)4)16-9-14(12)13/h5-7,10-11,15-16H,8-9H2,1-4H3. The Bertz CT molecular complexity index is 366. The van der Waals surface area contributed by atoms with Crippen LogP contribution in [0, 0.1) is 5.92 Å². The lowest BCUT2D eigenvalue weighted by Crippen LogP contribution is -2.39. The van der Waals surface area contributed by atoms with Gasteiger partial charge in [0.2, 0.25) is 0 Å². The molecule has 1 aliphatic heterocycles. The summed E-state index contributed by atoms with van der Waals surface area (Å²) in [6.45, 7) is 10.2. The lowest BCUT2D eigenvalue weighted by atomic mass is 9.85. The summed E-state index contributed by atoms with van der Waals surface area (Å²) in [4.78, 5) is 0. The first-order valence-electron chi connectivity index (χ1n) is 6.43. The van der Waals surface area contributed by atoms with Crippen LogP contribution in [0.5, 0.6) is 0 Å². The molecule has 1 aliphatic rings. The van der Waals surface area contributed by atoms with Crippen molar-refractivity contribution in [2.24, 2.45) is 5.92 Å². The molecule has 0 spiro atoms. The first-order chi connectivity index (χ1) is 7.59. The van der Waals surface area contributed by atoms with E-state index >= 15 is 0 Å². The highest BCUT2D eigenvalue weighted by Crippen LogP contribution is 2.27. The van der Waals surface area contributed by atoms with E-state index in [4.69, 9.17) is 0 Å². The summed E-state index contributed by atoms with van der Waals surface area (Å²) in [5.41, 5.74) is 4.63. The maximum atomic E-state index is 3.67. The van der Waals surface area contributed by atoms with Crippen LogP contribution in [-0.2, 0) is 13.0 Å². The molecule has 16 heavy (non-hydrogen) atoms. The average molecular weight is 217 g/mol. The lowest BCUT2D eigenvalue weighted by Gasteiger charge is -2.31. The predicted octanol–water partition coefficient (Wildman–Crippen LogP) is 3.48. The van der Waals surface area contributed by atoms with E-state index in [1.165, 1.54) is 12.0 Å². The molecular formula is C15H23N. The summed E-state index contributed by atoms with van der Waals surface area (Å²) in [6, 6.07) is 7.45. The molecule has 2 rings (SSSR count). The normalized spacial score (nSPS) is 20.2. The van der Waals surface area contributed by atoms with Crippen LogP contribution >= 0.6 is 0 Å². The van der Waals surface area contributed by atoms with Gasteiger partial charge in [-0.15, -0.1) is 0 Å². The van der Waals surface area contributed by atoms with Crippen molar-refractivity contribution in [1.29, 1.82) is 0 Å². The SMILES string of the molecule is CC(C)c1cccc2c1CNC(C(C)C)C2. The van der Waals surface area contributed by atoms with Gasteiger partial charge in [-0.25, -0.2) is 0 Å². The van der Waals surface area contributed by atoms with E-state index in [0.29, 0.717) is 12.0 Å². The van der Waals surface area contributed by atoms with E-state index in [9.17, 15) is 0 Å². The second-order valence-electron chi connectivity index (χ2n) is 5.58. The molecule has 0 aromatic heterocycles. The molecular weight excluding hydrogens is 194 g/mol. The fourth-order valence-electron chi connectivity index (χ4n) is 2.62. The molecule has 0 aliphatic carbocycles. The molecule has 0 saturated carbocycles. The van der Waals surface area contributed by atoms with Crippen LogP contribution in [0.3, 0.4) is 0 Å². The summed E-state index contributed by atoms with van der Waals surface area (Å²) in [5.74, 6) is 1.35. The summed E-state index contributed by atoms with van der Waals surface area (Å²) in [6.07, 6.45) is 1.19. The van der Waals surface area contributed by atoms with E-state index in [2.05, 4.69) is 51.2 Å². The number of hydrogen-bond acceptors (Lipinski definition) is 1. The number of fused-ring (bicyclic) bond motifs is 1. The summed E-state index contributed by atoms with van der Waals surface area (Å²) < 4.78 is 0. The molecule has 1 atom stereocenters. The Labute approximate surface area is 99.3 Å². The number of hydrogen-bond donors (Lipinski definition) is 1. The zero-order valence-electron chi connectivity index (χ0n) is 10.9. The molecule has 1 N–H and O–H groups in total. The molecule has 0 saturated heterocycles. The molecule has 88 valence electrons. The Morgan fingerprint density at radius 1 is 1.19 bits per heavy atom. The molecule has 0 fully saturated rings. The molecule has 1 aromatic rings. The molecule has 0 bridgehead atoms. The maximum Gasteiger partial charge on any atom is 0.0213 e. The van der Waals surface area contributed by atoms with E-state index in [0.717, 1.165) is 12.5 Å². The third-order valence-electron chi connectivity index (χ3n) is 3.72. The van der Waals surface area contributed by atoms with Gasteiger partial charge in [0.25, 0.3) is 0 Å². The Hall–Kier alpha value is -0.820. The average Bonchev–Trinajstić information content (AvgIpc) is 2.27. The number of benzene rings is 1. The van der Waals surface area contributed by atoms with Crippen LogP contribution in [-0.4, -0.2) is 6.04 Å². The number of nitrogens with one attached hydrogen (secondary N) is 1. The van der Waals surface area contributed by atoms with Gasteiger partial charge in [0.1, 0.15) is 0 Å². The Morgan fingerprint density at radius 2 is 1.94 bits per heavy atom. The van der Waals surface area contributed by atoms with Crippen molar-refractivity contribution in [3.8, 4) is 0 Å². The van der Waals surface area contributed by atoms with Crippen molar-refractivity contribution in [3.63, 3.8) is 0 Å². The Morgan fingerprint density at radius 3 is 2.56 bits per heavy atom. The predicted molar refractivity (Wildman–Crippen MR) is 69.7 cm³/mol. The monoisotopic (exact) mass is 217 g/mol. The highest BCUT2D eigenvalue weighted by atomic mass is 14.9. The molecule has 1 nitrogen and oxygen atoms in total. The van der Waals surface area contributed by atoms with Crippen molar-refractivity contribution in [1.82, 2.24) is 5.32 Å². The fraction of sp³-hybridized carbons (Fsp3) is 0.600. The van der Waals surface area contributed by atoms with Gasteiger partial charge in [-0.05, 0) is 34.9 Å². The Kier molecular flexibility index (Phi) is 3.34. The summed E-state index contributed by atoms with van der Waals surface area (Å²) >= 11 is 0. The third kappa shape index (κ3) is 2.15. The van der Waals surface area contributed by atoms with Crippen molar-refractivity contribution in [3.05, 3.63) is 34.9 Å². The van der Waals surface area contributed by atoms with E-state index < -0.39 is 0 Å². The third-order valence-corrected chi connectivity index (χ3v) is 3.72. The minimum atomic E-state index is 0.632. The quantitative estimate of drug-likeness (QED) is 0.799. The van der Waals surface area contributed by atoms with Gasteiger partial charge in [0, 0.05) is 12.6 Å². The van der Waals surface area contributed by atoms with E-state index in [1.807, 2.05) is 0 Å². The molecule has 1 heterocycles. The van der Waals surface area contributed by atoms with Crippen molar-refractivity contribution in [2.75, 3.05) is 0 Å². The van der Waals surface area contributed by atoms with E-state index in [-0.39, 0.29) is 0 Å². The molecule has 1 unspecified atom stereocenters. The van der Waals surface area contributed by atoms with Gasteiger partial charge in [0.15, 0.2) is 0 Å². The van der Waals surface area contributed by atoms with Gasteiger partial charge < -0.3 is 5.32 Å². The summed E-state index contributed by atoms with van der Waals surface area (Å²) in [7, 11) is 0. The zero-order chi connectivity index (χ0) is 11.7. The van der Waals surface area contributed by atoms with Crippen LogP contribution in [0.2, 0.25) is 0 Å². The molecule has 0 radical (unpaired) electrons.